The highest BCUT2D eigenvalue weighted by Gasteiger charge is 2.26. The van der Waals surface area contributed by atoms with Crippen molar-refractivity contribution in [1.29, 1.82) is 0 Å². The van der Waals surface area contributed by atoms with Gasteiger partial charge in [-0.3, -0.25) is 14.4 Å². The van der Waals surface area contributed by atoms with E-state index in [1.54, 1.807) is 12.1 Å². The fourth-order valence-electron chi connectivity index (χ4n) is 4.11. The summed E-state index contributed by atoms with van der Waals surface area (Å²) in [6, 6.07) is 14.6. The minimum absolute atomic E-state index is 0.0618. The highest BCUT2D eigenvalue weighted by atomic mass is 16.4. The number of carbonyl (C=O) groups is 3. The summed E-state index contributed by atoms with van der Waals surface area (Å²) in [5, 5.41) is 27.0. The van der Waals surface area contributed by atoms with E-state index < -0.39 is 35.8 Å². The van der Waals surface area contributed by atoms with Crippen LogP contribution in [0.3, 0.4) is 0 Å². The van der Waals surface area contributed by atoms with Crippen LogP contribution in [0.4, 0.5) is 0 Å². The molecule has 0 atom stereocenters. The SMILES string of the molecule is O=C(O)CNC(=O)/C(C(=O)NCc1ccc(-c2nc3ccccc3o2)cc1)=C(\O)NC1CCCCC1. The first-order valence-electron chi connectivity index (χ1n) is 11.8. The number of carbonyl (C=O) groups excluding carboxylic acids is 2. The number of benzene rings is 2. The molecule has 0 bridgehead atoms. The molecule has 36 heavy (non-hydrogen) atoms. The van der Waals surface area contributed by atoms with Gasteiger partial charge in [0.25, 0.3) is 11.8 Å². The normalized spacial score (nSPS) is 14.7. The minimum atomic E-state index is -1.26. The van der Waals surface area contributed by atoms with Crippen molar-refractivity contribution < 1.29 is 29.0 Å². The quantitative estimate of drug-likeness (QED) is 0.132. The zero-order chi connectivity index (χ0) is 25.5. The second kappa shape index (κ2) is 11.4. The van der Waals surface area contributed by atoms with E-state index in [1.165, 1.54) is 0 Å². The number of aliphatic hydroxyl groups is 1. The lowest BCUT2D eigenvalue weighted by atomic mass is 9.95. The maximum atomic E-state index is 12.9. The Labute approximate surface area is 207 Å². The molecule has 0 saturated heterocycles. The molecule has 1 aliphatic carbocycles. The molecule has 3 aromatic rings. The molecule has 0 aliphatic heterocycles. The van der Waals surface area contributed by atoms with Gasteiger partial charge in [-0.25, -0.2) is 4.98 Å². The van der Waals surface area contributed by atoms with E-state index >= 15 is 0 Å². The van der Waals surface area contributed by atoms with Gasteiger partial charge in [0, 0.05) is 18.2 Å². The molecule has 1 heterocycles. The monoisotopic (exact) mass is 492 g/mol. The molecule has 2 aromatic carbocycles. The smallest absolute Gasteiger partial charge is 0.322 e. The maximum Gasteiger partial charge on any atom is 0.322 e. The average Bonchev–Trinajstić information content (AvgIpc) is 3.32. The van der Waals surface area contributed by atoms with Crippen molar-refractivity contribution in [2.75, 3.05) is 6.54 Å². The number of aliphatic carboxylic acids is 1. The highest BCUT2D eigenvalue weighted by Crippen LogP contribution is 2.24. The molecule has 2 amide bonds. The summed E-state index contributed by atoms with van der Waals surface area (Å²) >= 11 is 0. The van der Waals surface area contributed by atoms with Crippen LogP contribution in [0.1, 0.15) is 37.7 Å². The number of nitrogens with zero attached hydrogens (tertiary/aromatic N) is 1. The van der Waals surface area contributed by atoms with Crippen LogP contribution < -0.4 is 16.0 Å². The molecule has 10 heteroatoms. The topological polar surface area (TPSA) is 154 Å². The largest absolute Gasteiger partial charge is 0.494 e. The van der Waals surface area contributed by atoms with E-state index in [9.17, 15) is 19.5 Å². The first-order chi connectivity index (χ1) is 17.4. The lowest BCUT2D eigenvalue weighted by Crippen LogP contribution is -2.41. The van der Waals surface area contributed by atoms with Crippen molar-refractivity contribution in [3.63, 3.8) is 0 Å². The summed E-state index contributed by atoms with van der Waals surface area (Å²) < 4.78 is 5.77. The van der Waals surface area contributed by atoms with Gasteiger partial charge in [0.2, 0.25) is 11.8 Å². The Morgan fingerprint density at radius 3 is 2.31 bits per heavy atom. The number of aliphatic hydroxyl groups excluding tert-OH is 1. The molecule has 1 saturated carbocycles. The van der Waals surface area contributed by atoms with Gasteiger partial charge in [-0.1, -0.05) is 43.5 Å². The molecule has 1 fully saturated rings. The van der Waals surface area contributed by atoms with E-state index in [2.05, 4.69) is 20.9 Å². The molecular weight excluding hydrogens is 464 g/mol. The van der Waals surface area contributed by atoms with Gasteiger partial charge in [0.1, 0.15) is 12.1 Å². The molecule has 1 aliphatic rings. The van der Waals surface area contributed by atoms with Crippen molar-refractivity contribution >= 4 is 28.9 Å². The predicted octanol–water partition coefficient (Wildman–Crippen LogP) is 3.00. The van der Waals surface area contributed by atoms with Crippen LogP contribution in [0.2, 0.25) is 0 Å². The number of fused-ring (bicyclic) bond motifs is 1. The van der Waals surface area contributed by atoms with E-state index in [-0.39, 0.29) is 12.6 Å². The number of oxazole rings is 1. The minimum Gasteiger partial charge on any atom is -0.494 e. The summed E-state index contributed by atoms with van der Waals surface area (Å²) in [5.74, 6) is -3.13. The van der Waals surface area contributed by atoms with Gasteiger partial charge in [0.15, 0.2) is 11.2 Å². The lowest BCUT2D eigenvalue weighted by Gasteiger charge is -2.24. The third kappa shape index (κ3) is 6.21. The Kier molecular flexibility index (Phi) is 7.84. The van der Waals surface area contributed by atoms with Crippen LogP contribution in [0.15, 0.2) is 64.4 Å². The van der Waals surface area contributed by atoms with Crippen LogP contribution >= 0.6 is 0 Å². The molecule has 4 rings (SSSR count). The zero-order valence-corrected chi connectivity index (χ0v) is 19.6. The summed E-state index contributed by atoms with van der Waals surface area (Å²) in [6.45, 7) is -0.595. The van der Waals surface area contributed by atoms with Gasteiger partial charge in [-0.2, -0.15) is 0 Å². The third-order valence-corrected chi connectivity index (χ3v) is 5.98. The Morgan fingerprint density at radius 1 is 0.917 bits per heavy atom. The Morgan fingerprint density at radius 2 is 1.61 bits per heavy atom. The molecular formula is C26H28N4O6. The first kappa shape index (κ1) is 24.8. The van der Waals surface area contributed by atoms with Crippen LogP contribution in [0.25, 0.3) is 22.6 Å². The number of hydrogen-bond donors (Lipinski definition) is 5. The predicted molar refractivity (Wildman–Crippen MR) is 132 cm³/mol. The van der Waals surface area contributed by atoms with Gasteiger partial charge in [-0.05, 0) is 42.7 Å². The molecule has 0 spiro atoms. The maximum absolute atomic E-state index is 12.9. The number of nitrogens with one attached hydrogen (secondary N) is 3. The molecule has 0 radical (unpaired) electrons. The Balaban J connectivity index is 1.44. The summed E-state index contributed by atoms with van der Waals surface area (Å²) in [5.41, 5.74) is 2.40. The van der Waals surface area contributed by atoms with Crippen molar-refractivity contribution in [2.45, 2.75) is 44.7 Å². The number of hydrogen-bond acceptors (Lipinski definition) is 7. The van der Waals surface area contributed by atoms with Crippen LogP contribution in [-0.4, -0.2) is 45.6 Å². The summed E-state index contributed by atoms with van der Waals surface area (Å²) in [6.07, 6.45) is 4.68. The van der Waals surface area contributed by atoms with Crippen molar-refractivity contribution in [3.05, 3.63) is 65.6 Å². The number of aromatic nitrogens is 1. The number of amides is 2. The van der Waals surface area contributed by atoms with Crippen molar-refractivity contribution in [3.8, 4) is 11.5 Å². The molecule has 188 valence electrons. The highest BCUT2D eigenvalue weighted by molar-refractivity contribution is 6.19. The molecule has 10 nitrogen and oxygen atoms in total. The van der Waals surface area contributed by atoms with E-state index in [4.69, 9.17) is 9.52 Å². The number of rotatable bonds is 9. The fraction of sp³-hybridized carbons (Fsp3) is 0.308. The zero-order valence-electron chi connectivity index (χ0n) is 19.6. The lowest BCUT2D eigenvalue weighted by molar-refractivity contribution is -0.138. The molecule has 0 unspecified atom stereocenters. The van der Waals surface area contributed by atoms with E-state index in [0.29, 0.717) is 11.5 Å². The summed E-state index contributed by atoms with van der Waals surface area (Å²) in [4.78, 5) is 40.7. The number of carboxylic acids is 1. The Hall–Kier alpha value is -4.34. The van der Waals surface area contributed by atoms with E-state index in [0.717, 1.165) is 48.7 Å². The Bertz CT molecular complexity index is 1240. The van der Waals surface area contributed by atoms with Gasteiger partial charge in [-0.15, -0.1) is 0 Å². The van der Waals surface area contributed by atoms with Gasteiger partial charge < -0.3 is 30.6 Å². The molecule has 5 N–H and O–H groups in total. The summed E-state index contributed by atoms with van der Waals surface area (Å²) in [7, 11) is 0. The van der Waals surface area contributed by atoms with Crippen molar-refractivity contribution in [2.24, 2.45) is 0 Å². The van der Waals surface area contributed by atoms with Crippen LogP contribution in [0, 0.1) is 0 Å². The second-order valence-electron chi connectivity index (χ2n) is 8.65. The number of para-hydroxylation sites is 2. The van der Waals surface area contributed by atoms with Gasteiger partial charge >= 0.3 is 5.97 Å². The third-order valence-electron chi connectivity index (χ3n) is 5.98. The molecule has 1 aromatic heterocycles. The number of carboxylic acid groups (broad SMARTS) is 1. The van der Waals surface area contributed by atoms with Gasteiger partial charge in [0.05, 0.1) is 0 Å². The fourth-order valence-corrected chi connectivity index (χ4v) is 4.11. The van der Waals surface area contributed by atoms with Crippen LogP contribution in [-0.2, 0) is 20.9 Å². The standard InChI is InChI=1S/C26H28N4O6/c31-21(32)15-28-24(34)22(25(35)29-18-6-2-1-3-7-18)23(33)27-14-16-10-12-17(13-11-16)26-30-19-8-4-5-9-20(19)36-26/h4-5,8-13,18,29,35H,1-3,6-7,14-15H2,(H,27,33)(H,28,34)(H,31,32)/b25-22-. The van der Waals surface area contributed by atoms with Crippen molar-refractivity contribution in [1.82, 2.24) is 20.9 Å². The second-order valence-corrected chi connectivity index (χ2v) is 8.65. The van der Waals surface area contributed by atoms with E-state index in [1.807, 2.05) is 36.4 Å². The first-order valence-corrected chi connectivity index (χ1v) is 11.8. The van der Waals surface area contributed by atoms with Crippen LogP contribution in [0.5, 0.6) is 0 Å². The average molecular weight is 493 g/mol.